The number of aliphatic hydroxyl groups excluding tert-OH is 1. The highest BCUT2D eigenvalue weighted by Gasteiger charge is 2.30. The molecule has 17 nitrogen and oxygen atoms in total. The summed E-state index contributed by atoms with van der Waals surface area (Å²) in [5.74, 6) is -0.617. The lowest BCUT2D eigenvalue weighted by molar-refractivity contribution is -0.161. The molecule has 5 atom stereocenters. The maximum Gasteiger partial charge on any atom is 0.472 e. The molecule has 0 fully saturated rings. The number of phosphoric acid groups is 2. The molecule has 0 rings (SSSR count). The van der Waals surface area contributed by atoms with Gasteiger partial charge in [-0.2, -0.15) is 0 Å². The van der Waals surface area contributed by atoms with E-state index in [1.807, 2.05) is 0 Å². The number of unbranched alkanes of at least 4 members (excludes halogenated alkanes) is 45. The summed E-state index contributed by atoms with van der Waals surface area (Å²) in [5, 5.41) is 10.6. The van der Waals surface area contributed by atoms with E-state index in [4.69, 9.17) is 37.0 Å². The predicted octanol–water partition coefficient (Wildman–Crippen LogP) is 22.3. The summed E-state index contributed by atoms with van der Waals surface area (Å²) in [4.78, 5) is 72.7. The Labute approximate surface area is 581 Å². The molecule has 564 valence electrons. The minimum absolute atomic E-state index is 0.106. The highest BCUT2D eigenvalue weighted by Crippen LogP contribution is 2.45. The van der Waals surface area contributed by atoms with Crippen LogP contribution in [0.3, 0.4) is 0 Å². The first-order valence-corrected chi connectivity index (χ1v) is 42.5. The fourth-order valence-electron chi connectivity index (χ4n) is 11.7. The van der Waals surface area contributed by atoms with Crippen molar-refractivity contribution in [2.45, 2.75) is 413 Å². The first-order valence-electron chi connectivity index (χ1n) is 39.5. The Balaban J connectivity index is 5.19. The number of phosphoric ester groups is 2. The van der Waals surface area contributed by atoms with Crippen LogP contribution in [0.4, 0.5) is 0 Å². The summed E-state index contributed by atoms with van der Waals surface area (Å²) in [6, 6.07) is 0. The Morgan fingerprint density at radius 2 is 0.484 bits per heavy atom. The number of carbonyl (C=O) groups excluding carboxylic acids is 4. The molecule has 95 heavy (non-hydrogen) atoms. The molecular formula is C76H148O17P2. The Morgan fingerprint density at radius 3 is 0.716 bits per heavy atom. The molecule has 2 unspecified atom stereocenters. The number of aliphatic hydroxyl groups is 1. The van der Waals surface area contributed by atoms with E-state index in [1.165, 1.54) is 205 Å². The van der Waals surface area contributed by atoms with Crippen molar-refractivity contribution >= 4 is 39.5 Å². The minimum atomic E-state index is -4.96. The largest absolute Gasteiger partial charge is 0.472 e. The molecule has 0 aliphatic carbocycles. The zero-order valence-electron chi connectivity index (χ0n) is 62.0. The fraction of sp³-hybridized carbons (Fsp3) is 0.947. The number of ether oxygens (including phenoxy) is 4. The third-order valence-electron chi connectivity index (χ3n) is 17.7. The first-order chi connectivity index (χ1) is 45.9. The van der Waals surface area contributed by atoms with Crippen LogP contribution in [0.1, 0.15) is 395 Å². The van der Waals surface area contributed by atoms with Gasteiger partial charge in [-0.05, 0) is 37.5 Å². The number of hydrogen-bond acceptors (Lipinski definition) is 15. The van der Waals surface area contributed by atoms with Crippen molar-refractivity contribution in [1.82, 2.24) is 0 Å². The second-order valence-corrected chi connectivity index (χ2v) is 31.3. The molecule has 0 saturated carbocycles. The summed E-state index contributed by atoms with van der Waals surface area (Å²) in [5.41, 5.74) is 0. The van der Waals surface area contributed by atoms with Crippen LogP contribution >= 0.6 is 15.6 Å². The van der Waals surface area contributed by atoms with Crippen LogP contribution in [-0.4, -0.2) is 96.7 Å². The molecular weight excluding hydrogens is 1250 g/mol. The van der Waals surface area contributed by atoms with Crippen molar-refractivity contribution in [3.63, 3.8) is 0 Å². The van der Waals surface area contributed by atoms with Gasteiger partial charge in [0.2, 0.25) is 0 Å². The van der Waals surface area contributed by atoms with Gasteiger partial charge in [0, 0.05) is 25.7 Å². The molecule has 0 aromatic rings. The molecule has 0 bridgehead atoms. The topological polar surface area (TPSA) is 237 Å². The summed E-state index contributed by atoms with van der Waals surface area (Å²) >= 11 is 0. The highest BCUT2D eigenvalue weighted by molar-refractivity contribution is 7.47. The average molecular weight is 1400 g/mol. The molecule has 0 aromatic carbocycles. The van der Waals surface area contributed by atoms with E-state index in [0.717, 1.165) is 102 Å². The van der Waals surface area contributed by atoms with Crippen molar-refractivity contribution < 1.29 is 80.2 Å². The zero-order valence-corrected chi connectivity index (χ0v) is 63.8. The van der Waals surface area contributed by atoms with Gasteiger partial charge in [0.05, 0.1) is 26.4 Å². The van der Waals surface area contributed by atoms with Crippen LogP contribution in [-0.2, 0) is 65.4 Å². The SMILES string of the molecule is CCCCCCCCCCCCCCCCC(=O)OC[C@H](COP(=O)(O)OC[C@@H](O)COP(=O)(O)OC[C@@H](COC(=O)CCCCCCCCC(C)C)OC(=O)CCCCCCCCCCCCC)OC(=O)CCCCCCCCCCCCCCCCCCCCC(C)C. The van der Waals surface area contributed by atoms with Gasteiger partial charge in [0.15, 0.2) is 12.2 Å². The maximum absolute atomic E-state index is 13.1. The van der Waals surface area contributed by atoms with E-state index < -0.39 is 97.5 Å². The number of esters is 4. The maximum atomic E-state index is 13.1. The van der Waals surface area contributed by atoms with Crippen molar-refractivity contribution in [2.24, 2.45) is 11.8 Å². The predicted molar refractivity (Wildman–Crippen MR) is 386 cm³/mol. The molecule has 0 saturated heterocycles. The lowest BCUT2D eigenvalue weighted by Gasteiger charge is -2.21. The molecule has 0 spiro atoms. The smallest absolute Gasteiger partial charge is 0.462 e. The van der Waals surface area contributed by atoms with Crippen LogP contribution in [0.25, 0.3) is 0 Å². The van der Waals surface area contributed by atoms with Crippen LogP contribution in [0, 0.1) is 11.8 Å². The second kappa shape index (κ2) is 67.9. The van der Waals surface area contributed by atoms with Gasteiger partial charge in [-0.15, -0.1) is 0 Å². The van der Waals surface area contributed by atoms with Gasteiger partial charge in [-0.25, -0.2) is 9.13 Å². The van der Waals surface area contributed by atoms with Gasteiger partial charge in [-0.1, -0.05) is 343 Å². The normalized spacial score (nSPS) is 14.0. The lowest BCUT2D eigenvalue weighted by Crippen LogP contribution is -2.30. The van der Waals surface area contributed by atoms with Crippen molar-refractivity contribution in [1.29, 1.82) is 0 Å². The van der Waals surface area contributed by atoms with Crippen LogP contribution < -0.4 is 0 Å². The van der Waals surface area contributed by atoms with Gasteiger partial charge in [-0.3, -0.25) is 37.3 Å². The van der Waals surface area contributed by atoms with Crippen LogP contribution in [0.5, 0.6) is 0 Å². The molecule has 0 aliphatic heterocycles. The summed E-state index contributed by atoms with van der Waals surface area (Å²) < 4.78 is 68.4. The Morgan fingerprint density at radius 1 is 0.284 bits per heavy atom. The Kier molecular flexibility index (Phi) is 66.5. The van der Waals surface area contributed by atoms with Gasteiger partial charge < -0.3 is 33.8 Å². The molecule has 0 aromatic heterocycles. The molecule has 0 radical (unpaired) electrons. The van der Waals surface area contributed by atoms with E-state index in [0.29, 0.717) is 31.6 Å². The lowest BCUT2D eigenvalue weighted by atomic mass is 10.0. The average Bonchev–Trinajstić information content (AvgIpc) is 1.53. The van der Waals surface area contributed by atoms with E-state index in [9.17, 15) is 43.2 Å². The molecule has 19 heteroatoms. The van der Waals surface area contributed by atoms with Gasteiger partial charge in [0.1, 0.15) is 19.3 Å². The summed E-state index contributed by atoms with van der Waals surface area (Å²) in [7, 11) is -9.91. The van der Waals surface area contributed by atoms with E-state index in [-0.39, 0.29) is 25.7 Å². The second-order valence-electron chi connectivity index (χ2n) is 28.3. The third kappa shape index (κ3) is 70.3. The molecule has 0 heterocycles. The number of hydrogen-bond donors (Lipinski definition) is 3. The third-order valence-corrected chi connectivity index (χ3v) is 19.6. The van der Waals surface area contributed by atoms with Crippen molar-refractivity contribution in [3.8, 4) is 0 Å². The summed E-state index contributed by atoms with van der Waals surface area (Å²) in [6.45, 7) is 9.54. The van der Waals surface area contributed by atoms with Crippen LogP contribution in [0.15, 0.2) is 0 Å². The fourth-order valence-corrected chi connectivity index (χ4v) is 13.2. The van der Waals surface area contributed by atoms with Gasteiger partial charge >= 0.3 is 39.5 Å². The zero-order chi connectivity index (χ0) is 70.0. The highest BCUT2D eigenvalue weighted by atomic mass is 31.2. The minimum Gasteiger partial charge on any atom is -0.462 e. The van der Waals surface area contributed by atoms with E-state index in [2.05, 4.69) is 41.5 Å². The van der Waals surface area contributed by atoms with Crippen LogP contribution in [0.2, 0.25) is 0 Å². The van der Waals surface area contributed by atoms with E-state index in [1.54, 1.807) is 0 Å². The molecule has 0 amide bonds. The van der Waals surface area contributed by atoms with Crippen molar-refractivity contribution in [3.05, 3.63) is 0 Å². The number of rotatable bonds is 75. The Hall–Kier alpha value is -1.94. The quantitative estimate of drug-likeness (QED) is 0.0222. The molecule has 3 N–H and O–H groups in total. The van der Waals surface area contributed by atoms with Gasteiger partial charge in [0.25, 0.3) is 0 Å². The first kappa shape index (κ1) is 93.1. The number of carbonyl (C=O) groups is 4. The molecule has 0 aliphatic rings. The standard InChI is InChI=1S/C76H148O17P2/c1-7-9-11-13-15-17-19-20-28-32-35-39-46-52-58-73(78)86-64-71(92-76(81)61-55-49-41-37-33-29-26-24-22-21-23-25-27-31-34-38-44-50-56-68(3)4)66-90-94(82,83)88-62-70(77)63-89-95(84,85)91-67-72(65-87-74(79)59-53-47-43-42-45-51-57-69(5)6)93-75(80)60-54-48-40-36-30-18-16-14-12-10-8-2/h68-72,77H,7-67H2,1-6H3,(H,82,83)(H,84,85)/t70-,71-,72-/m1/s1. The summed E-state index contributed by atoms with van der Waals surface area (Å²) in [6.07, 6.45) is 55.7. The van der Waals surface area contributed by atoms with E-state index >= 15 is 0 Å². The Bertz CT molecular complexity index is 1840. The van der Waals surface area contributed by atoms with Crippen molar-refractivity contribution in [2.75, 3.05) is 39.6 Å². The monoisotopic (exact) mass is 1400 g/mol.